The lowest BCUT2D eigenvalue weighted by Crippen LogP contribution is -2.13. The lowest BCUT2D eigenvalue weighted by molar-refractivity contribution is 0.102. The molecule has 3 N–H and O–H groups in total. The van der Waals surface area contributed by atoms with E-state index in [4.69, 9.17) is 17.3 Å². The Bertz CT molecular complexity index is 601. The van der Waals surface area contributed by atoms with Crippen molar-refractivity contribution >= 4 is 23.2 Å². The molecule has 0 radical (unpaired) electrons. The molecule has 6 nitrogen and oxygen atoms in total. The van der Waals surface area contributed by atoms with E-state index in [0.717, 1.165) is 6.07 Å². The number of hydrogen-bond acceptors (Lipinski definition) is 4. The van der Waals surface area contributed by atoms with Gasteiger partial charge >= 0.3 is 0 Å². The average Bonchev–Trinajstić information content (AvgIpc) is 2.82. The summed E-state index contributed by atoms with van der Waals surface area (Å²) in [4.78, 5) is 11.9. The Morgan fingerprint density at radius 1 is 1.53 bits per heavy atom. The Kier molecular flexibility index (Phi) is 4.08. The SMILES string of the molecule is NCCn1cc(C(=O)Nc2ccc(F)cc2Cl)nn1. The molecule has 0 fully saturated rings. The molecule has 0 unspecified atom stereocenters. The van der Waals surface area contributed by atoms with Crippen LogP contribution in [0.25, 0.3) is 0 Å². The predicted octanol–water partition coefficient (Wildman–Crippen LogP) is 1.28. The number of aromatic nitrogens is 3. The molecule has 0 spiro atoms. The number of anilines is 1. The number of rotatable bonds is 4. The van der Waals surface area contributed by atoms with Gasteiger partial charge in [-0.2, -0.15) is 0 Å². The number of nitrogens with one attached hydrogen (secondary N) is 1. The van der Waals surface area contributed by atoms with Gasteiger partial charge < -0.3 is 11.1 Å². The van der Waals surface area contributed by atoms with Gasteiger partial charge in [-0.3, -0.25) is 9.48 Å². The van der Waals surface area contributed by atoms with E-state index in [1.165, 1.54) is 23.0 Å². The molecule has 2 aromatic rings. The van der Waals surface area contributed by atoms with Gasteiger partial charge in [-0.25, -0.2) is 4.39 Å². The van der Waals surface area contributed by atoms with Crippen molar-refractivity contribution < 1.29 is 9.18 Å². The molecule has 0 saturated heterocycles. The zero-order chi connectivity index (χ0) is 13.8. The molecule has 0 aliphatic rings. The quantitative estimate of drug-likeness (QED) is 0.885. The average molecular weight is 284 g/mol. The second-order valence-corrected chi connectivity index (χ2v) is 4.14. The van der Waals surface area contributed by atoms with Gasteiger partial charge in [0, 0.05) is 6.54 Å². The van der Waals surface area contributed by atoms with Crippen LogP contribution >= 0.6 is 11.6 Å². The van der Waals surface area contributed by atoms with Gasteiger partial charge in [0.05, 0.1) is 23.5 Å². The first-order valence-corrected chi connectivity index (χ1v) is 5.84. The minimum absolute atomic E-state index is 0.114. The molecule has 1 amide bonds. The van der Waals surface area contributed by atoms with Crippen LogP contribution in [-0.2, 0) is 6.54 Å². The first-order chi connectivity index (χ1) is 9.10. The first kappa shape index (κ1) is 13.4. The van der Waals surface area contributed by atoms with Gasteiger partial charge in [-0.15, -0.1) is 5.10 Å². The Balaban J connectivity index is 2.11. The van der Waals surface area contributed by atoms with E-state index < -0.39 is 11.7 Å². The minimum Gasteiger partial charge on any atom is -0.329 e. The van der Waals surface area contributed by atoms with E-state index in [1.807, 2.05) is 0 Å². The molecular weight excluding hydrogens is 273 g/mol. The summed E-state index contributed by atoms with van der Waals surface area (Å²) < 4.78 is 14.3. The Labute approximate surface area is 113 Å². The Morgan fingerprint density at radius 3 is 3.00 bits per heavy atom. The van der Waals surface area contributed by atoms with Crippen LogP contribution in [0.2, 0.25) is 5.02 Å². The van der Waals surface area contributed by atoms with E-state index in [2.05, 4.69) is 15.6 Å². The largest absolute Gasteiger partial charge is 0.329 e. The summed E-state index contributed by atoms with van der Waals surface area (Å²) in [6.45, 7) is 0.867. The molecule has 0 atom stereocenters. The maximum absolute atomic E-state index is 12.9. The van der Waals surface area contributed by atoms with E-state index in [9.17, 15) is 9.18 Å². The van der Waals surface area contributed by atoms with Gasteiger partial charge in [0.15, 0.2) is 5.69 Å². The van der Waals surface area contributed by atoms with Crippen LogP contribution in [0.4, 0.5) is 10.1 Å². The van der Waals surface area contributed by atoms with Crippen LogP contribution < -0.4 is 11.1 Å². The first-order valence-electron chi connectivity index (χ1n) is 5.47. The van der Waals surface area contributed by atoms with E-state index in [0.29, 0.717) is 18.8 Å². The summed E-state index contributed by atoms with van der Waals surface area (Å²) in [5.74, 6) is -0.950. The van der Waals surface area contributed by atoms with Crippen LogP contribution in [0, 0.1) is 5.82 Å². The molecule has 0 saturated carbocycles. The number of carbonyl (C=O) groups is 1. The fraction of sp³-hybridized carbons (Fsp3) is 0.182. The van der Waals surface area contributed by atoms with E-state index in [-0.39, 0.29) is 10.7 Å². The highest BCUT2D eigenvalue weighted by Gasteiger charge is 2.12. The molecule has 0 bridgehead atoms. The lowest BCUT2D eigenvalue weighted by Gasteiger charge is -2.04. The maximum Gasteiger partial charge on any atom is 0.277 e. The van der Waals surface area contributed by atoms with Crippen molar-refractivity contribution in [3.8, 4) is 0 Å². The molecule has 1 heterocycles. The summed E-state index contributed by atoms with van der Waals surface area (Å²) in [5, 5.41) is 10.1. The van der Waals surface area contributed by atoms with Gasteiger partial charge in [-0.05, 0) is 18.2 Å². The summed E-state index contributed by atoms with van der Waals surface area (Å²) in [7, 11) is 0. The molecule has 0 aliphatic heterocycles. The zero-order valence-electron chi connectivity index (χ0n) is 9.81. The number of amides is 1. The molecule has 100 valence electrons. The third kappa shape index (κ3) is 3.27. The van der Waals surface area contributed by atoms with Crippen molar-refractivity contribution in [1.29, 1.82) is 0 Å². The Morgan fingerprint density at radius 2 is 2.32 bits per heavy atom. The monoisotopic (exact) mass is 283 g/mol. The third-order valence-electron chi connectivity index (χ3n) is 2.31. The highest BCUT2D eigenvalue weighted by Crippen LogP contribution is 2.22. The Hall–Kier alpha value is -1.99. The number of nitrogens with two attached hydrogens (primary N) is 1. The highest BCUT2D eigenvalue weighted by atomic mass is 35.5. The maximum atomic E-state index is 12.9. The van der Waals surface area contributed by atoms with Crippen molar-refractivity contribution in [2.45, 2.75) is 6.54 Å². The molecule has 0 aliphatic carbocycles. The molecule has 1 aromatic carbocycles. The molecule has 2 rings (SSSR count). The number of benzene rings is 1. The highest BCUT2D eigenvalue weighted by molar-refractivity contribution is 6.33. The fourth-order valence-corrected chi connectivity index (χ4v) is 1.64. The summed E-state index contributed by atoms with van der Waals surface area (Å²) in [6, 6.07) is 3.69. The van der Waals surface area contributed by atoms with E-state index in [1.54, 1.807) is 0 Å². The van der Waals surface area contributed by atoms with Gasteiger partial charge in [0.1, 0.15) is 5.82 Å². The number of carbonyl (C=O) groups excluding carboxylic acids is 1. The van der Waals surface area contributed by atoms with Crippen molar-refractivity contribution in [3.05, 3.63) is 40.9 Å². The summed E-state index contributed by atoms with van der Waals surface area (Å²) in [6.07, 6.45) is 1.47. The fourth-order valence-electron chi connectivity index (χ4n) is 1.42. The zero-order valence-corrected chi connectivity index (χ0v) is 10.6. The van der Waals surface area contributed by atoms with Crippen LogP contribution in [0.1, 0.15) is 10.5 Å². The van der Waals surface area contributed by atoms with Gasteiger partial charge in [-0.1, -0.05) is 16.8 Å². The molecule has 8 heteroatoms. The van der Waals surface area contributed by atoms with Crippen molar-refractivity contribution in [2.75, 3.05) is 11.9 Å². The van der Waals surface area contributed by atoms with Gasteiger partial charge in [0.25, 0.3) is 5.91 Å². The number of hydrogen-bond donors (Lipinski definition) is 2. The van der Waals surface area contributed by atoms with Crippen LogP contribution in [-0.4, -0.2) is 27.4 Å². The van der Waals surface area contributed by atoms with Gasteiger partial charge in [0.2, 0.25) is 0 Å². The molecule has 19 heavy (non-hydrogen) atoms. The minimum atomic E-state index is -0.475. The lowest BCUT2D eigenvalue weighted by atomic mass is 10.3. The van der Waals surface area contributed by atoms with E-state index >= 15 is 0 Å². The second-order valence-electron chi connectivity index (χ2n) is 3.73. The van der Waals surface area contributed by atoms with Crippen LogP contribution in [0.3, 0.4) is 0 Å². The van der Waals surface area contributed by atoms with Crippen molar-refractivity contribution in [1.82, 2.24) is 15.0 Å². The third-order valence-corrected chi connectivity index (χ3v) is 2.62. The van der Waals surface area contributed by atoms with Crippen molar-refractivity contribution in [2.24, 2.45) is 5.73 Å². The normalized spacial score (nSPS) is 10.5. The second kappa shape index (κ2) is 5.77. The topological polar surface area (TPSA) is 85.8 Å². The van der Waals surface area contributed by atoms with Crippen molar-refractivity contribution in [3.63, 3.8) is 0 Å². The number of halogens is 2. The summed E-state index contributed by atoms with van der Waals surface area (Å²) in [5.41, 5.74) is 5.80. The molecule has 1 aromatic heterocycles. The molecular formula is C11H11ClFN5O. The smallest absolute Gasteiger partial charge is 0.277 e. The standard InChI is InChI=1S/C11H11ClFN5O/c12-8-5-7(13)1-2-9(8)15-11(19)10-6-18(4-3-14)17-16-10/h1-2,5-6H,3-4,14H2,(H,15,19). The number of nitrogens with zero attached hydrogens (tertiary/aromatic N) is 3. The van der Waals surface area contributed by atoms with Crippen LogP contribution in [0.5, 0.6) is 0 Å². The summed E-state index contributed by atoms with van der Waals surface area (Å²) >= 11 is 5.80. The van der Waals surface area contributed by atoms with Crippen LogP contribution in [0.15, 0.2) is 24.4 Å². The predicted molar refractivity (Wildman–Crippen MR) is 68.4 cm³/mol.